The molecule has 1 unspecified atom stereocenters. The second kappa shape index (κ2) is 14.8. The Hall–Kier alpha value is -2.78. The minimum absolute atomic E-state index is 0.182. The number of aryl methyl sites for hydroxylation is 1. The first-order valence-corrected chi connectivity index (χ1v) is 13.2. The summed E-state index contributed by atoms with van der Waals surface area (Å²) in [6.07, 6.45) is -0.222. The predicted octanol–water partition coefficient (Wildman–Crippen LogP) is 8.88. The fraction of sp³-hybridized carbons (Fsp3) is 0.630. The van der Waals surface area contributed by atoms with E-state index < -0.39 is 55.9 Å². The van der Waals surface area contributed by atoms with Crippen molar-refractivity contribution < 1.29 is 62.2 Å². The van der Waals surface area contributed by atoms with E-state index in [0.29, 0.717) is 23.4 Å². The number of halogens is 12. The third kappa shape index (κ3) is 8.88. The van der Waals surface area contributed by atoms with Crippen molar-refractivity contribution in [2.75, 3.05) is 19.8 Å². The molecule has 2 aromatic rings. The number of nitrogens with zero attached hydrogens (tertiary/aromatic N) is 2. The Kier molecular flexibility index (Phi) is 12.5. The van der Waals surface area contributed by atoms with E-state index in [0.717, 1.165) is 38.5 Å². The largest absolute Gasteiger partial charge is 0.490 e. The van der Waals surface area contributed by atoms with Crippen LogP contribution in [0.3, 0.4) is 0 Å². The smallest absolute Gasteiger partial charge is 0.460 e. The van der Waals surface area contributed by atoms with Crippen LogP contribution in [0.2, 0.25) is 0 Å². The lowest BCUT2D eigenvalue weighted by molar-refractivity contribution is -0.424. The molecule has 2 rings (SSSR count). The van der Waals surface area contributed by atoms with Gasteiger partial charge in [-0.25, -0.2) is 14.4 Å². The third-order valence-corrected chi connectivity index (χ3v) is 6.29. The lowest BCUT2D eigenvalue weighted by atomic mass is 9.98. The van der Waals surface area contributed by atoms with Crippen LogP contribution < -0.4 is 4.74 Å². The highest BCUT2D eigenvalue weighted by Gasteiger charge is 2.87. The molecule has 0 N–H and O–H groups in total. The van der Waals surface area contributed by atoms with Crippen LogP contribution in [-0.4, -0.2) is 65.8 Å². The fourth-order valence-corrected chi connectivity index (χ4v) is 3.84. The average Bonchev–Trinajstić information content (AvgIpc) is 2.93. The Labute approximate surface area is 239 Å². The van der Waals surface area contributed by atoms with E-state index in [1.54, 1.807) is 18.2 Å². The fourth-order valence-electron chi connectivity index (χ4n) is 3.84. The molecule has 4 nitrogen and oxygen atoms in total. The molecule has 0 fully saturated rings. The van der Waals surface area contributed by atoms with Gasteiger partial charge in [0.1, 0.15) is 19.0 Å². The molecular weight excluding hydrogens is 612 g/mol. The molecule has 1 aromatic carbocycles. The van der Waals surface area contributed by atoms with E-state index in [-0.39, 0.29) is 5.75 Å². The molecule has 0 saturated carbocycles. The predicted molar refractivity (Wildman–Crippen MR) is 132 cm³/mol. The Morgan fingerprint density at radius 3 is 1.95 bits per heavy atom. The maximum absolute atomic E-state index is 14.3. The second-order valence-electron chi connectivity index (χ2n) is 9.76. The second-order valence-corrected chi connectivity index (χ2v) is 9.76. The summed E-state index contributed by atoms with van der Waals surface area (Å²) < 4.78 is 168. The number of alkyl halides is 12. The number of hydrogen-bond donors (Lipinski definition) is 0. The number of ether oxygens (including phenoxy) is 2. The van der Waals surface area contributed by atoms with Gasteiger partial charge in [0.2, 0.25) is 0 Å². The van der Waals surface area contributed by atoms with Gasteiger partial charge in [-0.2, -0.15) is 48.3 Å². The van der Waals surface area contributed by atoms with Crippen molar-refractivity contribution in [2.45, 2.75) is 87.9 Å². The van der Waals surface area contributed by atoms with Gasteiger partial charge in [-0.15, -0.1) is 0 Å². The lowest BCUT2D eigenvalue weighted by Gasteiger charge is -2.37. The van der Waals surface area contributed by atoms with Gasteiger partial charge in [-0.3, -0.25) is 0 Å². The zero-order valence-corrected chi connectivity index (χ0v) is 22.9. The SMILES string of the molecule is CCCCCCCCc1cc(-c2ncccn2)ccc1OCC(F)COCC(F)(F)C(F)(F)C(F)(F)C(F)(F)C(F)(F)F. The highest BCUT2D eigenvalue weighted by Crippen LogP contribution is 2.57. The molecule has 1 heterocycles. The van der Waals surface area contributed by atoms with E-state index in [1.807, 2.05) is 0 Å². The molecule has 43 heavy (non-hydrogen) atoms. The van der Waals surface area contributed by atoms with Crippen molar-refractivity contribution in [1.82, 2.24) is 9.97 Å². The molecule has 0 aliphatic rings. The zero-order chi connectivity index (χ0) is 32.5. The Morgan fingerprint density at radius 2 is 1.35 bits per heavy atom. The van der Waals surface area contributed by atoms with Gasteiger partial charge in [-0.05, 0) is 42.7 Å². The summed E-state index contributed by atoms with van der Waals surface area (Å²) in [4.78, 5) is 8.30. The molecule has 0 radical (unpaired) electrons. The van der Waals surface area contributed by atoms with Crippen molar-refractivity contribution in [3.05, 3.63) is 42.2 Å². The van der Waals surface area contributed by atoms with Gasteiger partial charge < -0.3 is 9.47 Å². The normalized spacial score (nSPS) is 14.2. The molecule has 16 heteroatoms. The maximum Gasteiger partial charge on any atom is 0.460 e. The summed E-state index contributed by atoms with van der Waals surface area (Å²) in [6, 6.07) is 6.37. The standard InChI is InChI=1S/C27H30F12N2O2/c1-2-3-4-5-6-7-9-18-14-19(22-40-12-8-13-41-22)10-11-21(18)43-16-20(28)15-42-17-23(29,30)24(31,32)25(33,34)26(35,36)27(37,38)39/h8,10-14,20H,2-7,9,15-17H2,1H3. The summed E-state index contributed by atoms with van der Waals surface area (Å²) in [5.41, 5.74) is 1.23. The molecule has 0 bridgehead atoms. The number of hydrogen-bond acceptors (Lipinski definition) is 4. The van der Waals surface area contributed by atoms with Crippen LogP contribution in [0.15, 0.2) is 36.7 Å². The van der Waals surface area contributed by atoms with E-state index in [9.17, 15) is 52.7 Å². The van der Waals surface area contributed by atoms with Gasteiger partial charge in [0.25, 0.3) is 0 Å². The van der Waals surface area contributed by atoms with Crippen molar-refractivity contribution in [3.8, 4) is 17.1 Å². The summed E-state index contributed by atoms with van der Waals surface area (Å²) in [7, 11) is 0. The van der Waals surface area contributed by atoms with E-state index in [4.69, 9.17) is 4.74 Å². The Bertz CT molecular complexity index is 1130. The minimum Gasteiger partial charge on any atom is -0.490 e. The van der Waals surface area contributed by atoms with Crippen molar-refractivity contribution in [2.24, 2.45) is 0 Å². The topological polar surface area (TPSA) is 44.2 Å². The highest BCUT2D eigenvalue weighted by molar-refractivity contribution is 5.58. The Balaban J connectivity index is 2.03. The molecule has 0 aliphatic carbocycles. The number of unbranched alkanes of at least 4 members (excludes halogenated alkanes) is 5. The third-order valence-electron chi connectivity index (χ3n) is 6.29. The number of aromatic nitrogens is 2. The molecule has 244 valence electrons. The van der Waals surface area contributed by atoms with Gasteiger partial charge in [-0.1, -0.05) is 39.0 Å². The number of benzene rings is 1. The van der Waals surface area contributed by atoms with Crippen molar-refractivity contribution >= 4 is 0 Å². The molecular formula is C27H30F12N2O2. The first kappa shape index (κ1) is 36.4. The van der Waals surface area contributed by atoms with Crippen LogP contribution in [0.1, 0.15) is 51.0 Å². The van der Waals surface area contributed by atoms with Gasteiger partial charge in [0.05, 0.1) is 6.61 Å². The molecule has 0 aliphatic heterocycles. The van der Waals surface area contributed by atoms with E-state index in [1.165, 1.54) is 18.5 Å². The van der Waals surface area contributed by atoms with Crippen LogP contribution in [0.5, 0.6) is 5.75 Å². The first-order chi connectivity index (χ1) is 19.9. The van der Waals surface area contributed by atoms with Crippen LogP contribution in [0.25, 0.3) is 11.4 Å². The van der Waals surface area contributed by atoms with Crippen LogP contribution in [0.4, 0.5) is 52.7 Å². The van der Waals surface area contributed by atoms with Crippen LogP contribution in [0, 0.1) is 0 Å². The molecule has 0 saturated heterocycles. The molecule has 0 spiro atoms. The summed E-state index contributed by atoms with van der Waals surface area (Å²) in [5, 5.41) is 0. The van der Waals surface area contributed by atoms with Gasteiger partial charge in [0.15, 0.2) is 12.0 Å². The van der Waals surface area contributed by atoms with Crippen LogP contribution in [-0.2, 0) is 11.2 Å². The molecule has 1 atom stereocenters. The first-order valence-electron chi connectivity index (χ1n) is 13.2. The van der Waals surface area contributed by atoms with Crippen molar-refractivity contribution in [3.63, 3.8) is 0 Å². The molecule has 0 amide bonds. The van der Waals surface area contributed by atoms with Gasteiger partial charge in [0, 0.05) is 18.0 Å². The summed E-state index contributed by atoms with van der Waals surface area (Å²) in [5.74, 6) is -27.9. The van der Waals surface area contributed by atoms with Crippen molar-refractivity contribution in [1.29, 1.82) is 0 Å². The highest BCUT2D eigenvalue weighted by atomic mass is 19.4. The number of rotatable bonds is 18. The maximum atomic E-state index is 14.3. The van der Waals surface area contributed by atoms with E-state index >= 15 is 0 Å². The van der Waals surface area contributed by atoms with Gasteiger partial charge >= 0.3 is 29.9 Å². The zero-order valence-electron chi connectivity index (χ0n) is 22.9. The monoisotopic (exact) mass is 642 g/mol. The average molecular weight is 643 g/mol. The minimum atomic E-state index is -7.55. The quantitative estimate of drug-likeness (QED) is 0.120. The summed E-state index contributed by atoms with van der Waals surface area (Å²) in [6.45, 7) is -3.04. The van der Waals surface area contributed by atoms with Crippen LogP contribution >= 0.6 is 0 Å². The van der Waals surface area contributed by atoms with E-state index in [2.05, 4.69) is 21.6 Å². The summed E-state index contributed by atoms with van der Waals surface area (Å²) >= 11 is 0. The Morgan fingerprint density at radius 1 is 0.744 bits per heavy atom. The molecule has 1 aromatic heterocycles. The lowest BCUT2D eigenvalue weighted by Crippen LogP contribution is -2.67.